The zero-order valence-electron chi connectivity index (χ0n) is 12.3. The lowest BCUT2D eigenvalue weighted by Crippen LogP contribution is -2.12. The van der Waals surface area contributed by atoms with Gasteiger partial charge >= 0.3 is 0 Å². The summed E-state index contributed by atoms with van der Waals surface area (Å²) in [6.07, 6.45) is 0. The van der Waals surface area contributed by atoms with Crippen molar-refractivity contribution in [3.05, 3.63) is 35.7 Å². The second-order valence-corrected chi connectivity index (χ2v) is 6.41. The molecule has 0 radical (unpaired) electrons. The lowest BCUT2D eigenvalue weighted by Gasteiger charge is -2.14. The summed E-state index contributed by atoms with van der Waals surface area (Å²) < 4.78 is 7.84. The maximum Gasteiger partial charge on any atom is 0.191 e. The summed E-state index contributed by atoms with van der Waals surface area (Å²) in [6, 6.07) is 8.56. The number of hydrogen-bond donors (Lipinski definition) is 1. The van der Waals surface area contributed by atoms with Gasteiger partial charge in [0.15, 0.2) is 5.16 Å². The number of nitrogens with two attached hydrogens (primary N) is 1. The zero-order chi connectivity index (χ0) is 14.8. The number of aromatic nitrogens is 3. The average Bonchev–Trinajstić information content (AvgIpc) is 3.08. The van der Waals surface area contributed by atoms with Gasteiger partial charge in [-0.3, -0.25) is 0 Å². The van der Waals surface area contributed by atoms with Crippen molar-refractivity contribution in [3.8, 4) is 5.75 Å². The molecule has 2 heterocycles. The maximum atomic E-state index is 5.73. The number of thioether (sulfide) groups is 1. The third-order valence-electron chi connectivity index (χ3n) is 3.65. The molecular weight excluding hydrogens is 284 g/mol. The van der Waals surface area contributed by atoms with Crippen LogP contribution in [0.15, 0.2) is 29.4 Å². The van der Waals surface area contributed by atoms with Crippen LogP contribution < -0.4 is 10.5 Å². The Labute approximate surface area is 128 Å². The van der Waals surface area contributed by atoms with Crippen LogP contribution in [0.5, 0.6) is 5.75 Å². The van der Waals surface area contributed by atoms with Crippen molar-refractivity contribution in [2.75, 3.05) is 12.4 Å². The van der Waals surface area contributed by atoms with Crippen LogP contribution in [-0.2, 0) is 6.54 Å². The first kappa shape index (κ1) is 14.4. The van der Waals surface area contributed by atoms with Crippen molar-refractivity contribution in [1.82, 2.24) is 14.8 Å². The molecule has 5 nitrogen and oxygen atoms in total. The highest BCUT2D eigenvalue weighted by Crippen LogP contribution is 2.37. The van der Waals surface area contributed by atoms with Crippen LogP contribution in [0.1, 0.15) is 37.2 Å². The van der Waals surface area contributed by atoms with Crippen LogP contribution in [0.3, 0.4) is 0 Å². The second-order valence-electron chi connectivity index (χ2n) is 5.42. The Morgan fingerprint density at radius 1 is 1.38 bits per heavy atom. The van der Waals surface area contributed by atoms with Crippen LogP contribution in [0.2, 0.25) is 0 Å². The molecule has 6 heteroatoms. The van der Waals surface area contributed by atoms with Crippen molar-refractivity contribution < 1.29 is 4.74 Å². The van der Waals surface area contributed by atoms with Crippen molar-refractivity contribution in [2.45, 2.75) is 37.5 Å². The second kappa shape index (κ2) is 6.07. The molecule has 112 valence electrons. The lowest BCUT2D eigenvalue weighted by molar-refractivity contribution is 0.338. The number of benzene rings is 1. The minimum Gasteiger partial charge on any atom is -0.493 e. The Hall–Kier alpha value is -1.53. The summed E-state index contributed by atoms with van der Waals surface area (Å²) in [7, 11) is 0. The molecule has 1 aliphatic heterocycles. The normalized spacial score (nSPS) is 17.0. The third-order valence-corrected chi connectivity index (χ3v) is 4.75. The van der Waals surface area contributed by atoms with E-state index in [-0.39, 0.29) is 0 Å². The minimum atomic E-state index is 0.313. The highest BCUT2D eigenvalue weighted by Gasteiger charge is 2.25. The number of para-hydroxylation sites is 1. The third kappa shape index (κ3) is 2.78. The predicted molar refractivity (Wildman–Crippen MR) is 83.7 cm³/mol. The van der Waals surface area contributed by atoms with E-state index < -0.39 is 0 Å². The van der Waals surface area contributed by atoms with Gasteiger partial charge in [0, 0.05) is 23.3 Å². The first-order valence-corrected chi connectivity index (χ1v) is 8.17. The monoisotopic (exact) mass is 304 g/mol. The fraction of sp³-hybridized carbons (Fsp3) is 0.467. The molecule has 1 unspecified atom stereocenters. The van der Waals surface area contributed by atoms with E-state index in [1.807, 2.05) is 12.1 Å². The molecule has 2 N–H and O–H groups in total. The lowest BCUT2D eigenvalue weighted by atomic mass is 10.0. The maximum absolute atomic E-state index is 5.73. The summed E-state index contributed by atoms with van der Waals surface area (Å²) in [6.45, 7) is 5.41. The summed E-state index contributed by atoms with van der Waals surface area (Å²) in [5, 5.41) is 9.40. The first-order chi connectivity index (χ1) is 10.2. The van der Waals surface area contributed by atoms with E-state index in [9.17, 15) is 0 Å². The van der Waals surface area contributed by atoms with Gasteiger partial charge in [0.25, 0.3) is 0 Å². The van der Waals surface area contributed by atoms with Gasteiger partial charge in [0.2, 0.25) is 0 Å². The minimum absolute atomic E-state index is 0.313. The molecule has 2 aromatic rings. The highest BCUT2D eigenvalue weighted by molar-refractivity contribution is 7.99. The van der Waals surface area contributed by atoms with Crippen LogP contribution in [0.4, 0.5) is 0 Å². The van der Waals surface area contributed by atoms with E-state index in [1.54, 1.807) is 11.8 Å². The molecule has 1 aromatic carbocycles. The summed E-state index contributed by atoms with van der Waals surface area (Å²) in [4.78, 5) is 0. The van der Waals surface area contributed by atoms with E-state index in [0.717, 1.165) is 29.1 Å². The molecule has 0 bridgehead atoms. The fourth-order valence-electron chi connectivity index (χ4n) is 2.61. The molecule has 1 atom stereocenters. The highest BCUT2D eigenvalue weighted by atomic mass is 32.2. The summed E-state index contributed by atoms with van der Waals surface area (Å²) >= 11 is 1.73. The van der Waals surface area contributed by atoms with E-state index in [1.165, 1.54) is 5.56 Å². The van der Waals surface area contributed by atoms with Crippen LogP contribution in [0.25, 0.3) is 0 Å². The van der Waals surface area contributed by atoms with Crippen LogP contribution in [0, 0.1) is 0 Å². The summed E-state index contributed by atoms with van der Waals surface area (Å²) in [5.41, 5.74) is 7.02. The number of ether oxygens (including phenoxy) is 1. The first-order valence-electron chi connectivity index (χ1n) is 7.19. The quantitative estimate of drug-likeness (QED) is 0.860. The van der Waals surface area contributed by atoms with Gasteiger partial charge in [-0.2, -0.15) is 0 Å². The zero-order valence-corrected chi connectivity index (χ0v) is 13.1. The van der Waals surface area contributed by atoms with E-state index in [0.29, 0.717) is 18.5 Å². The number of nitrogens with zero attached hydrogens (tertiary/aromatic N) is 3. The Kier molecular flexibility index (Phi) is 4.17. The molecule has 0 amide bonds. The Morgan fingerprint density at radius 3 is 2.95 bits per heavy atom. The van der Waals surface area contributed by atoms with Gasteiger partial charge in [-0.05, 0) is 19.9 Å². The molecule has 0 aliphatic carbocycles. The van der Waals surface area contributed by atoms with Gasteiger partial charge in [0.1, 0.15) is 11.6 Å². The molecule has 1 aromatic heterocycles. The van der Waals surface area contributed by atoms with Gasteiger partial charge < -0.3 is 15.0 Å². The average molecular weight is 304 g/mol. The molecule has 0 saturated carbocycles. The molecule has 0 saturated heterocycles. The van der Waals surface area contributed by atoms with Gasteiger partial charge in [-0.25, -0.2) is 0 Å². The summed E-state index contributed by atoms with van der Waals surface area (Å²) in [5.74, 6) is 3.20. The molecule has 3 rings (SSSR count). The number of rotatable bonds is 5. The standard InChI is InChI=1S/C15H20N4OS/c1-10(2)19-14(7-16)17-18-15(19)21-9-11-8-20-13-6-4-3-5-12(11)13/h3-6,10-11H,7-9,16H2,1-2H3. The molecule has 0 spiro atoms. The Bertz CT molecular complexity index is 626. The molecule has 1 aliphatic rings. The fourth-order valence-corrected chi connectivity index (χ4v) is 3.79. The smallest absolute Gasteiger partial charge is 0.191 e. The van der Waals surface area contributed by atoms with Gasteiger partial charge in [-0.1, -0.05) is 30.0 Å². The van der Waals surface area contributed by atoms with Crippen molar-refractivity contribution in [2.24, 2.45) is 5.73 Å². The largest absolute Gasteiger partial charge is 0.493 e. The predicted octanol–water partition coefficient (Wildman–Crippen LogP) is 2.59. The van der Waals surface area contributed by atoms with Crippen molar-refractivity contribution in [1.29, 1.82) is 0 Å². The molecule has 21 heavy (non-hydrogen) atoms. The van der Waals surface area contributed by atoms with Crippen molar-refractivity contribution >= 4 is 11.8 Å². The Morgan fingerprint density at radius 2 is 2.19 bits per heavy atom. The number of hydrogen-bond acceptors (Lipinski definition) is 5. The van der Waals surface area contributed by atoms with E-state index in [2.05, 4.69) is 40.7 Å². The SMILES string of the molecule is CC(C)n1c(CN)nnc1SCC1COc2ccccc21. The van der Waals surface area contributed by atoms with E-state index >= 15 is 0 Å². The molecular formula is C15H20N4OS. The molecule has 0 fully saturated rings. The van der Waals surface area contributed by atoms with Crippen LogP contribution >= 0.6 is 11.8 Å². The van der Waals surface area contributed by atoms with Crippen LogP contribution in [-0.4, -0.2) is 27.1 Å². The number of fused-ring (bicyclic) bond motifs is 1. The Balaban J connectivity index is 1.73. The topological polar surface area (TPSA) is 66.0 Å². The van der Waals surface area contributed by atoms with Crippen molar-refractivity contribution in [3.63, 3.8) is 0 Å². The van der Waals surface area contributed by atoms with Gasteiger partial charge in [-0.15, -0.1) is 10.2 Å². The van der Waals surface area contributed by atoms with Gasteiger partial charge in [0.05, 0.1) is 13.2 Å². The van der Waals surface area contributed by atoms with E-state index in [4.69, 9.17) is 10.5 Å².